The summed E-state index contributed by atoms with van der Waals surface area (Å²) in [7, 11) is 0. The van der Waals surface area contributed by atoms with Crippen molar-refractivity contribution in [2.75, 3.05) is 18.0 Å². The highest BCUT2D eigenvalue weighted by Gasteiger charge is 2.45. The van der Waals surface area contributed by atoms with Crippen molar-refractivity contribution in [3.8, 4) is 0 Å². The molecule has 2 heterocycles. The number of unbranched alkanes of at least 4 members (excludes halogenated alkanes) is 30. The lowest BCUT2D eigenvalue weighted by Gasteiger charge is -2.27. The quantitative estimate of drug-likeness (QED) is 0.0246. The maximum atomic E-state index is 7.08. The van der Waals surface area contributed by atoms with E-state index < -0.39 is 0 Å². The van der Waals surface area contributed by atoms with Crippen LogP contribution in [0, 0.1) is 0 Å². The largest absolute Gasteiger partial charge is 0.344 e. The van der Waals surface area contributed by atoms with Crippen LogP contribution in [0.1, 0.15) is 258 Å². The second kappa shape index (κ2) is 32.6. The molecule has 404 valence electrons. The lowest BCUT2D eigenvalue weighted by molar-refractivity contribution is -0.438. The van der Waals surface area contributed by atoms with Gasteiger partial charge in [-0.15, -0.1) is 0 Å². The lowest BCUT2D eigenvalue weighted by Crippen LogP contribution is -2.28. The molecule has 0 aliphatic carbocycles. The molecule has 0 fully saturated rings. The van der Waals surface area contributed by atoms with Gasteiger partial charge in [0.15, 0.2) is 5.71 Å². The minimum absolute atomic E-state index is 0.133. The second-order valence-corrected chi connectivity index (χ2v) is 24.2. The Bertz CT molecular complexity index is 2420. The Hall–Kier alpha value is -3.88. The van der Waals surface area contributed by atoms with Crippen molar-refractivity contribution in [1.29, 1.82) is 0 Å². The number of benzene rings is 4. The van der Waals surface area contributed by atoms with E-state index in [-0.39, 0.29) is 10.8 Å². The van der Waals surface area contributed by atoms with E-state index in [0.29, 0.717) is 0 Å². The van der Waals surface area contributed by atoms with Crippen LogP contribution < -0.4 is 4.90 Å². The predicted molar refractivity (Wildman–Crippen MR) is 330 cm³/mol. The zero-order chi connectivity index (χ0) is 52.3. The molecule has 0 saturated carbocycles. The topological polar surface area (TPSA) is 6.25 Å². The summed E-state index contributed by atoms with van der Waals surface area (Å²) < 4.78 is 2.63. The van der Waals surface area contributed by atoms with Gasteiger partial charge in [0.05, 0.1) is 5.41 Å². The van der Waals surface area contributed by atoms with Crippen molar-refractivity contribution < 1.29 is 4.58 Å². The van der Waals surface area contributed by atoms with Gasteiger partial charge in [-0.3, -0.25) is 0 Å². The Morgan fingerprint density at radius 2 is 0.905 bits per heavy atom. The number of allylic oxidation sites excluding steroid dienone is 8. The maximum Gasteiger partial charge on any atom is 0.210 e. The van der Waals surface area contributed by atoms with E-state index in [9.17, 15) is 0 Å². The average Bonchev–Trinajstić information content (AvgIpc) is 3.76. The summed E-state index contributed by atoms with van der Waals surface area (Å²) in [5.41, 5.74) is 8.09. The highest BCUT2D eigenvalue weighted by atomic mass is 35.5. The molecule has 0 spiro atoms. The third-order valence-corrected chi connectivity index (χ3v) is 17.2. The van der Waals surface area contributed by atoms with E-state index in [4.69, 9.17) is 11.6 Å². The van der Waals surface area contributed by atoms with E-state index in [0.717, 1.165) is 18.1 Å². The van der Waals surface area contributed by atoms with Gasteiger partial charge in [0.1, 0.15) is 6.54 Å². The van der Waals surface area contributed by atoms with Gasteiger partial charge >= 0.3 is 0 Å². The summed E-state index contributed by atoms with van der Waals surface area (Å²) in [6.07, 6.45) is 57.7. The molecule has 0 atom stereocenters. The van der Waals surface area contributed by atoms with Crippen LogP contribution >= 0.6 is 11.6 Å². The van der Waals surface area contributed by atoms with Gasteiger partial charge in [-0.2, -0.15) is 4.58 Å². The molecular weight excluding hydrogens is 916 g/mol. The average molecular weight is 1020 g/mol. The summed E-state index contributed by atoms with van der Waals surface area (Å²) in [5.74, 6) is 0. The van der Waals surface area contributed by atoms with Gasteiger partial charge in [-0.05, 0) is 84.2 Å². The fourth-order valence-electron chi connectivity index (χ4n) is 12.7. The first-order valence-corrected chi connectivity index (χ1v) is 31.5. The van der Waals surface area contributed by atoms with Crippen LogP contribution in [0.4, 0.5) is 11.4 Å². The van der Waals surface area contributed by atoms with Gasteiger partial charge in [0.25, 0.3) is 0 Å². The molecule has 74 heavy (non-hydrogen) atoms. The summed E-state index contributed by atoms with van der Waals surface area (Å²) in [6.45, 7) is 16.4. The summed E-state index contributed by atoms with van der Waals surface area (Å²) in [4.78, 5) is 2.63. The Kier molecular flexibility index (Phi) is 26.2. The van der Waals surface area contributed by atoms with Crippen LogP contribution in [0.2, 0.25) is 0 Å². The molecule has 6 rings (SSSR count). The molecule has 3 heteroatoms. The van der Waals surface area contributed by atoms with Gasteiger partial charge in [-0.1, -0.05) is 292 Å². The molecular formula is C71H104ClN2+. The first-order valence-electron chi connectivity index (χ1n) is 31.1. The number of hydrogen-bond acceptors (Lipinski definition) is 1. The molecule has 4 aromatic carbocycles. The van der Waals surface area contributed by atoms with E-state index >= 15 is 0 Å². The van der Waals surface area contributed by atoms with E-state index in [2.05, 4.69) is 160 Å². The normalized spacial score (nSPS) is 15.9. The first kappa shape index (κ1) is 59.4. The summed E-state index contributed by atoms with van der Waals surface area (Å²) in [5, 5.41) is 6.12. The van der Waals surface area contributed by atoms with E-state index in [1.54, 1.807) is 0 Å². The third kappa shape index (κ3) is 17.6. The third-order valence-electron chi connectivity index (χ3n) is 17.0. The van der Waals surface area contributed by atoms with Crippen LogP contribution in [0.15, 0.2) is 120 Å². The molecule has 0 saturated heterocycles. The summed E-state index contributed by atoms with van der Waals surface area (Å²) in [6, 6.07) is 27.3. The maximum absolute atomic E-state index is 7.08. The van der Waals surface area contributed by atoms with Crippen LogP contribution in [0.3, 0.4) is 0 Å². The minimum atomic E-state index is -0.133. The van der Waals surface area contributed by atoms with Crippen LogP contribution in [-0.2, 0) is 10.8 Å². The van der Waals surface area contributed by atoms with E-state index in [1.807, 2.05) is 0 Å². The fraction of sp³-hybridized carbons (Fsp3) is 0.592. The van der Waals surface area contributed by atoms with Crippen molar-refractivity contribution in [2.24, 2.45) is 0 Å². The van der Waals surface area contributed by atoms with Crippen LogP contribution in [0.25, 0.3) is 21.5 Å². The lowest BCUT2D eigenvalue weighted by atomic mass is 9.79. The summed E-state index contributed by atoms with van der Waals surface area (Å²) >= 11 is 7.08. The van der Waals surface area contributed by atoms with E-state index in [1.165, 1.54) is 261 Å². The zero-order valence-electron chi connectivity index (χ0n) is 48.2. The SMILES string of the molecule is CCCCCCCCCCCCCCCCCCN1C(=CC=CC(Cl)=CC=CC2=[N+](CCCCCCCCCCCCCCCCCC)c3ccc4ccccc4c3C2(C)C)C(C)(C)c2c1ccc1ccccc21. The molecule has 0 radical (unpaired) electrons. The Labute approximate surface area is 459 Å². The number of nitrogens with zero attached hydrogens (tertiary/aromatic N) is 2. The molecule has 2 nitrogen and oxygen atoms in total. The molecule has 0 bridgehead atoms. The molecule has 0 N–H and O–H groups in total. The minimum Gasteiger partial charge on any atom is -0.344 e. The first-order chi connectivity index (χ1) is 36.2. The monoisotopic (exact) mass is 1020 g/mol. The van der Waals surface area contributed by atoms with Crippen molar-refractivity contribution >= 4 is 50.2 Å². The van der Waals surface area contributed by atoms with Gasteiger partial charge in [0, 0.05) is 52.5 Å². The number of fused-ring (bicyclic) bond motifs is 6. The smallest absolute Gasteiger partial charge is 0.210 e. The fourth-order valence-corrected chi connectivity index (χ4v) is 12.9. The zero-order valence-corrected chi connectivity index (χ0v) is 49.0. The molecule has 4 aromatic rings. The van der Waals surface area contributed by atoms with Crippen molar-refractivity contribution in [3.63, 3.8) is 0 Å². The Morgan fingerprint density at radius 1 is 0.473 bits per heavy atom. The number of hydrogen-bond donors (Lipinski definition) is 0. The molecule has 2 aliphatic rings. The molecule has 0 unspecified atom stereocenters. The molecule has 2 aliphatic heterocycles. The highest BCUT2D eigenvalue weighted by molar-refractivity contribution is 6.31. The van der Waals surface area contributed by atoms with Crippen LogP contribution in [-0.4, -0.2) is 23.4 Å². The second-order valence-electron chi connectivity index (χ2n) is 23.7. The van der Waals surface area contributed by atoms with Crippen LogP contribution in [0.5, 0.6) is 0 Å². The molecule has 0 amide bonds. The Morgan fingerprint density at radius 3 is 1.41 bits per heavy atom. The van der Waals surface area contributed by atoms with Gasteiger partial charge in [-0.25, -0.2) is 0 Å². The number of halogens is 1. The van der Waals surface area contributed by atoms with Crippen molar-refractivity contribution in [1.82, 2.24) is 0 Å². The molecule has 0 aromatic heterocycles. The standard InChI is InChI=1S/C71H104ClN2/c1-7-9-11-13-15-17-19-21-23-25-27-29-31-33-35-41-57-73-64-55-53-59-45-37-39-49-62(59)68(64)70(3,4)66(73)51-43-47-61(72)48-44-52-67-71(5,6)69-63-50-40-38-46-60(63)54-56-65(69)74(67)58-42-36-34-32-30-28-26-24-22-20-18-16-14-12-10-8-2/h37-40,43-56H,7-36,41-42,57-58H2,1-6H3/q+1. The predicted octanol–water partition coefficient (Wildman–Crippen LogP) is 22.8. The highest BCUT2D eigenvalue weighted by Crippen LogP contribution is 2.51. The van der Waals surface area contributed by atoms with Gasteiger partial charge < -0.3 is 4.90 Å². The number of rotatable bonds is 38. The van der Waals surface area contributed by atoms with Crippen molar-refractivity contribution in [3.05, 3.63) is 131 Å². The van der Waals surface area contributed by atoms with Gasteiger partial charge in [0.2, 0.25) is 5.69 Å². The Balaban J connectivity index is 1.03. The number of anilines is 1. The van der Waals surface area contributed by atoms with Crippen molar-refractivity contribution in [2.45, 2.75) is 258 Å².